The van der Waals surface area contributed by atoms with E-state index in [-0.39, 0.29) is 23.6 Å². The lowest BCUT2D eigenvalue weighted by Gasteiger charge is -2.28. The number of hydrogen-bond acceptors (Lipinski definition) is 6. The Morgan fingerprint density at radius 1 is 1.09 bits per heavy atom. The third kappa shape index (κ3) is 4.73. The molecule has 0 aliphatic carbocycles. The fourth-order valence-electron chi connectivity index (χ4n) is 3.79. The van der Waals surface area contributed by atoms with E-state index in [0.717, 1.165) is 17.6 Å². The summed E-state index contributed by atoms with van der Waals surface area (Å²) in [6.07, 6.45) is 0. The van der Waals surface area contributed by atoms with Crippen LogP contribution in [-0.4, -0.2) is 57.7 Å². The van der Waals surface area contributed by atoms with Gasteiger partial charge in [-0.2, -0.15) is 0 Å². The quantitative estimate of drug-likeness (QED) is 0.192. The zero-order valence-electron chi connectivity index (χ0n) is 17.8. The van der Waals surface area contributed by atoms with Crippen LogP contribution in [0.4, 0.5) is 5.69 Å². The first kappa shape index (κ1) is 23.6. The monoisotopic (exact) mass is 501 g/mol. The van der Waals surface area contributed by atoms with Crippen molar-refractivity contribution in [2.24, 2.45) is 0 Å². The number of aliphatic hydroxyl groups is 1. The second kappa shape index (κ2) is 10.1. The maximum atomic E-state index is 13.0. The fraction of sp³-hybridized carbons (Fsp3) is 0.304. The van der Waals surface area contributed by atoms with E-state index in [1.165, 1.54) is 29.2 Å². The molecule has 1 aliphatic heterocycles. The van der Waals surface area contributed by atoms with Crippen LogP contribution in [0.15, 0.2) is 58.6 Å². The van der Waals surface area contributed by atoms with Crippen LogP contribution in [0.2, 0.25) is 0 Å². The number of carbonyl (C=O) groups excluding carboxylic acids is 2. The van der Waals surface area contributed by atoms with Crippen molar-refractivity contribution in [1.82, 2.24) is 9.80 Å². The molecule has 2 aromatic carbocycles. The molecule has 168 valence electrons. The number of nitro benzene ring substituents is 1. The number of Topliss-reactive ketones (excluding diaryl/α,β-unsaturated/α-hetero) is 1. The fourth-order valence-corrected chi connectivity index (χ4v) is 4.05. The Balaban J connectivity index is 2.10. The van der Waals surface area contributed by atoms with Crippen LogP contribution >= 0.6 is 15.9 Å². The standard InChI is InChI=1S/C23H24BrN3O5/c1-3-25(4-2)13-14-26-20(15-7-11-18(12-8-15)27(31)32)19(22(29)23(26)30)21(28)16-5-9-17(24)10-6-16/h5-12,20,28H,3-4,13-14H2,1-2H3/b21-19-. The van der Waals surface area contributed by atoms with Gasteiger partial charge in [-0.25, -0.2) is 0 Å². The Morgan fingerprint density at radius 3 is 2.22 bits per heavy atom. The van der Waals surface area contributed by atoms with E-state index < -0.39 is 22.7 Å². The van der Waals surface area contributed by atoms with Gasteiger partial charge in [-0.05, 0) is 42.9 Å². The number of likely N-dealkylation sites (tertiary alicyclic amines) is 1. The number of aliphatic hydroxyl groups excluding tert-OH is 1. The van der Waals surface area contributed by atoms with Crippen molar-refractivity contribution < 1.29 is 19.6 Å². The molecule has 0 bridgehead atoms. The Kier molecular flexibility index (Phi) is 7.42. The molecule has 9 heteroatoms. The third-order valence-electron chi connectivity index (χ3n) is 5.63. The molecule has 32 heavy (non-hydrogen) atoms. The Morgan fingerprint density at radius 2 is 1.69 bits per heavy atom. The predicted molar refractivity (Wildman–Crippen MR) is 124 cm³/mol. The van der Waals surface area contributed by atoms with Crippen LogP contribution in [-0.2, 0) is 9.59 Å². The van der Waals surface area contributed by atoms with Crippen LogP contribution in [0.25, 0.3) is 5.76 Å². The van der Waals surface area contributed by atoms with Crippen LogP contribution in [0.5, 0.6) is 0 Å². The van der Waals surface area contributed by atoms with Crippen LogP contribution in [0, 0.1) is 10.1 Å². The molecule has 1 unspecified atom stereocenters. The largest absolute Gasteiger partial charge is 0.507 e. The molecule has 0 aromatic heterocycles. The molecule has 1 atom stereocenters. The molecule has 2 aromatic rings. The van der Waals surface area contributed by atoms with Crippen LogP contribution in [0.1, 0.15) is 31.0 Å². The summed E-state index contributed by atoms with van der Waals surface area (Å²) < 4.78 is 0.806. The van der Waals surface area contributed by atoms with Gasteiger partial charge in [0.05, 0.1) is 16.5 Å². The summed E-state index contributed by atoms with van der Waals surface area (Å²) in [5.41, 5.74) is 0.808. The van der Waals surface area contributed by atoms with E-state index >= 15 is 0 Å². The molecule has 1 N–H and O–H groups in total. The molecule has 1 saturated heterocycles. The number of ketones is 1. The summed E-state index contributed by atoms with van der Waals surface area (Å²) in [6, 6.07) is 11.6. The number of nitrogens with zero attached hydrogens (tertiary/aromatic N) is 3. The SMILES string of the molecule is CCN(CC)CCN1C(=O)C(=O)/C(=C(\O)c2ccc(Br)cc2)C1c1ccc([N+](=O)[O-])cc1. The first-order valence-corrected chi connectivity index (χ1v) is 11.1. The molecule has 0 spiro atoms. The van der Waals surface area contributed by atoms with E-state index in [1.54, 1.807) is 24.3 Å². The lowest BCUT2D eigenvalue weighted by Crippen LogP contribution is -2.38. The van der Waals surface area contributed by atoms with Crippen LogP contribution in [0.3, 0.4) is 0 Å². The average Bonchev–Trinajstić information content (AvgIpc) is 3.04. The van der Waals surface area contributed by atoms with E-state index in [4.69, 9.17) is 0 Å². The van der Waals surface area contributed by atoms with E-state index in [2.05, 4.69) is 20.8 Å². The number of halogens is 1. The van der Waals surface area contributed by atoms with Gasteiger partial charge in [0.15, 0.2) is 0 Å². The molecule has 1 fully saturated rings. The van der Waals surface area contributed by atoms with Gasteiger partial charge in [0.25, 0.3) is 17.4 Å². The number of benzene rings is 2. The van der Waals surface area contributed by atoms with Gasteiger partial charge < -0.3 is 14.9 Å². The zero-order valence-corrected chi connectivity index (χ0v) is 19.4. The second-order valence-corrected chi connectivity index (χ2v) is 8.29. The number of hydrogen-bond donors (Lipinski definition) is 1. The Labute approximate surface area is 194 Å². The van der Waals surface area contributed by atoms with Gasteiger partial charge in [-0.15, -0.1) is 0 Å². The third-order valence-corrected chi connectivity index (χ3v) is 6.16. The van der Waals surface area contributed by atoms with Crippen molar-refractivity contribution in [3.8, 4) is 0 Å². The van der Waals surface area contributed by atoms with E-state index in [9.17, 15) is 24.8 Å². The summed E-state index contributed by atoms with van der Waals surface area (Å²) in [5, 5.41) is 22.1. The highest BCUT2D eigenvalue weighted by molar-refractivity contribution is 9.10. The summed E-state index contributed by atoms with van der Waals surface area (Å²) in [7, 11) is 0. The lowest BCUT2D eigenvalue weighted by molar-refractivity contribution is -0.384. The molecule has 0 saturated carbocycles. The molecule has 8 nitrogen and oxygen atoms in total. The smallest absolute Gasteiger partial charge is 0.295 e. The van der Waals surface area contributed by atoms with Crippen molar-refractivity contribution in [3.63, 3.8) is 0 Å². The number of rotatable bonds is 8. The number of likely N-dealkylation sites (N-methyl/N-ethyl adjacent to an activating group) is 1. The molecular formula is C23H24BrN3O5. The van der Waals surface area contributed by atoms with Gasteiger partial charge in [0.1, 0.15) is 5.76 Å². The van der Waals surface area contributed by atoms with Crippen molar-refractivity contribution in [1.29, 1.82) is 0 Å². The summed E-state index contributed by atoms with van der Waals surface area (Å²) in [6.45, 7) is 6.45. The molecule has 1 aliphatic rings. The molecular weight excluding hydrogens is 478 g/mol. The maximum absolute atomic E-state index is 13.0. The van der Waals surface area contributed by atoms with Gasteiger partial charge in [-0.3, -0.25) is 19.7 Å². The minimum Gasteiger partial charge on any atom is -0.507 e. The predicted octanol–water partition coefficient (Wildman–Crippen LogP) is 4.12. The second-order valence-electron chi connectivity index (χ2n) is 7.37. The Hall–Kier alpha value is -3.04. The minimum absolute atomic E-state index is 0.0225. The van der Waals surface area contributed by atoms with E-state index in [0.29, 0.717) is 17.7 Å². The van der Waals surface area contributed by atoms with Gasteiger partial charge in [0, 0.05) is 35.3 Å². The van der Waals surface area contributed by atoms with Gasteiger partial charge in [0.2, 0.25) is 0 Å². The number of amides is 1. The maximum Gasteiger partial charge on any atom is 0.295 e. The Bertz CT molecular complexity index is 1050. The van der Waals surface area contributed by atoms with Crippen LogP contribution < -0.4 is 0 Å². The van der Waals surface area contributed by atoms with E-state index in [1.807, 2.05) is 13.8 Å². The van der Waals surface area contributed by atoms with Crippen molar-refractivity contribution >= 4 is 39.1 Å². The van der Waals surface area contributed by atoms with Crippen molar-refractivity contribution in [2.75, 3.05) is 26.2 Å². The zero-order chi connectivity index (χ0) is 23.4. The molecule has 3 rings (SSSR count). The highest BCUT2D eigenvalue weighted by atomic mass is 79.9. The van der Waals surface area contributed by atoms with Crippen molar-refractivity contribution in [3.05, 3.63) is 79.8 Å². The topological polar surface area (TPSA) is 104 Å². The highest BCUT2D eigenvalue weighted by Gasteiger charge is 2.46. The molecule has 0 radical (unpaired) electrons. The van der Waals surface area contributed by atoms with Crippen molar-refractivity contribution in [2.45, 2.75) is 19.9 Å². The van der Waals surface area contributed by atoms with Gasteiger partial charge >= 0.3 is 0 Å². The summed E-state index contributed by atoms with van der Waals surface area (Å²) in [4.78, 5) is 40.1. The van der Waals surface area contributed by atoms with Gasteiger partial charge in [-0.1, -0.05) is 41.9 Å². The highest BCUT2D eigenvalue weighted by Crippen LogP contribution is 2.39. The average molecular weight is 502 g/mol. The molecule has 1 amide bonds. The number of carbonyl (C=O) groups is 2. The summed E-state index contributed by atoms with van der Waals surface area (Å²) >= 11 is 3.34. The molecule has 1 heterocycles. The first-order valence-electron chi connectivity index (χ1n) is 10.3. The number of non-ortho nitro benzene ring substituents is 1. The number of nitro groups is 1. The summed E-state index contributed by atoms with van der Waals surface area (Å²) in [5.74, 6) is -1.74. The minimum atomic E-state index is -0.838. The first-order chi connectivity index (χ1) is 15.3. The lowest BCUT2D eigenvalue weighted by atomic mass is 9.95. The normalized spacial score (nSPS) is 17.9.